The highest BCUT2D eigenvalue weighted by atomic mass is 16.3. The molecular formula is C44H24N2O6. The van der Waals surface area contributed by atoms with Crippen molar-refractivity contribution in [1.82, 2.24) is 9.13 Å². The molecule has 7 aromatic carbocycles. The maximum absolute atomic E-state index is 13.7. The van der Waals surface area contributed by atoms with E-state index < -0.39 is 0 Å². The van der Waals surface area contributed by atoms with Gasteiger partial charge in [0.1, 0.15) is 22.3 Å². The quantitative estimate of drug-likeness (QED) is 0.169. The van der Waals surface area contributed by atoms with E-state index in [4.69, 9.17) is 17.7 Å². The first-order chi connectivity index (χ1) is 25.6. The van der Waals surface area contributed by atoms with Crippen LogP contribution in [0.5, 0.6) is 0 Å². The lowest BCUT2D eigenvalue weighted by Crippen LogP contribution is -2.06. The van der Waals surface area contributed by atoms with Crippen LogP contribution in [0.4, 0.5) is 0 Å². The summed E-state index contributed by atoms with van der Waals surface area (Å²) in [4.78, 5) is 27.4. The zero-order chi connectivity index (χ0) is 34.5. The second kappa shape index (κ2) is 10.6. The molecule has 0 fully saturated rings. The van der Waals surface area contributed by atoms with Crippen LogP contribution in [0.3, 0.4) is 0 Å². The van der Waals surface area contributed by atoms with Crippen molar-refractivity contribution in [3.63, 3.8) is 0 Å². The second-order valence-electron chi connectivity index (χ2n) is 12.8. The summed E-state index contributed by atoms with van der Waals surface area (Å²) in [5.41, 5.74) is 8.97. The number of para-hydroxylation sites is 6. The molecule has 11 aromatic rings. The van der Waals surface area contributed by atoms with Gasteiger partial charge >= 0.3 is 0 Å². The van der Waals surface area contributed by atoms with E-state index in [1.54, 1.807) is 24.3 Å². The fraction of sp³-hybridized carbons (Fsp3) is 0. The third-order valence-corrected chi connectivity index (χ3v) is 9.81. The van der Waals surface area contributed by atoms with E-state index in [0.29, 0.717) is 66.2 Å². The van der Waals surface area contributed by atoms with Crippen LogP contribution in [0.1, 0.15) is 0 Å². The van der Waals surface area contributed by atoms with Gasteiger partial charge in [-0.15, -0.1) is 0 Å². The standard InChI is InChI=1S/C44H24N2O6/c47-43-27-9-1-5-13-35(27)49-37-19-17-25(21-29(37)43)45-31-11-3-7-15-39(31)51-41-24-34-42(23-33(41)45)52-40-16-8-4-12-32(40)46(34)26-18-20-38-30(22-26)44(48)28-10-2-6-14-36(28)50-38/h1-24H. The molecule has 4 aromatic heterocycles. The van der Waals surface area contributed by atoms with Crippen LogP contribution >= 0.6 is 0 Å². The lowest BCUT2D eigenvalue weighted by Gasteiger charge is -2.19. The number of nitrogens with zero attached hydrogens (tertiary/aromatic N) is 2. The average molecular weight is 677 g/mol. The summed E-state index contributed by atoms with van der Waals surface area (Å²) in [6, 6.07) is 45.3. The van der Waals surface area contributed by atoms with E-state index in [9.17, 15) is 9.59 Å². The van der Waals surface area contributed by atoms with E-state index in [-0.39, 0.29) is 10.9 Å². The fourth-order valence-electron chi connectivity index (χ4n) is 7.42. The number of hydrogen-bond donors (Lipinski definition) is 0. The van der Waals surface area contributed by atoms with Crippen LogP contribution in [-0.2, 0) is 0 Å². The van der Waals surface area contributed by atoms with Gasteiger partial charge in [-0.3, -0.25) is 9.59 Å². The Morgan fingerprint density at radius 2 is 0.673 bits per heavy atom. The molecule has 8 heteroatoms. The third-order valence-electron chi connectivity index (χ3n) is 9.81. The fourth-order valence-corrected chi connectivity index (χ4v) is 7.42. The van der Waals surface area contributed by atoms with Crippen molar-refractivity contribution >= 4 is 88.3 Å². The normalized spacial score (nSPS) is 12.0. The summed E-state index contributed by atoms with van der Waals surface area (Å²) in [5.74, 6) is 0. The molecule has 0 saturated carbocycles. The Kier molecular flexibility index (Phi) is 5.81. The third kappa shape index (κ3) is 4.09. The first-order valence-corrected chi connectivity index (χ1v) is 16.8. The van der Waals surface area contributed by atoms with Crippen LogP contribution < -0.4 is 10.9 Å². The largest absolute Gasteiger partial charge is 0.456 e. The Morgan fingerprint density at radius 1 is 0.308 bits per heavy atom. The van der Waals surface area contributed by atoms with Crippen molar-refractivity contribution in [3.05, 3.63) is 166 Å². The summed E-state index contributed by atoms with van der Waals surface area (Å²) in [6.07, 6.45) is 0. The molecule has 0 radical (unpaired) electrons. The summed E-state index contributed by atoms with van der Waals surface area (Å²) in [7, 11) is 0. The molecule has 0 spiro atoms. The van der Waals surface area contributed by atoms with Crippen molar-refractivity contribution in [3.8, 4) is 11.4 Å². The van der Waals surface area contributed by atoms with Crippen molar-refractivity contribution < 1.29 is 17.7 Å². The van der Waals surface area contributed by atoms with E-state index >= 15 is 0 Å². The SMILES string of the molecule is O=c1c2ccccc2oc2ccc(-n3c4ccccc4oc4cc5c(cc43)oc3ccccc3n5-c3ccc4oc5ccccc5c(=O)c4c3)cc12. The Bertz CT molecular complexity index is 3250. The van der Waals surface area contributed by atoms with Gasteiger partial charge in [0.05, 0.1) is 43.6 Å². The Balaban J connectivity index is 1.23. The predicted molar refractivity (Wildman–Crippen MR) is 204 cm³/mol. The van der Waals surface area contributed by atoms with Gasteiger partial charge in [-0.05, 0) is 84.9 Å². The highest BCUT2D eigenvalue weighted by Crippen LogP contribution is 2.35. The van der Waals surface area contributed by atoms with E-state index in [1.807, 2.05) is 121 Å². The number of benzene rings is 7. The Labute approximate surface area is 291 Å². The van der Waals surface area contributed by atoms with Gasteiger partial charge in [0, 0.05) is 23.5 Å². The zero-order valence-corrected chi connectivity index (χ0v) is 27.2. The minimum atomic E-state index is -0.0982. The smallest absolute Gasteiger partial charge is 0.200 e. The van der Waals surface area contributed by atoms with Crippen molar-refractivity contribution in [2.24, 2.45) is 0 Å². The van der Waals surface area contributed by atoms with E-state index in [1.165, 1.54) is 0 Å². The topological polar surface area (TPSA) is 96.6 Å². The average Bonchev–Trinajstić information content (AvgIpc) is 3.18. The maximum Gasteiger partial charge on any atom is 0.200 e. The monoisotopic (exact) mass is 676 g/mol. The van der Waals surface area contributed by atoms with Crippen molar-refractivity contribution in [1.29, 1.82) is 0 Å². The molecule has 0 aliphatic carbocycles. The van der Waals surface area contributed by atoms with E-state index in [2.05, 4.69) is 9.13 Å². The molecule has 0 aliphatic rings. The molecule has 246 valence electrons. The maximum atomic E-state index is 13.7. The summed E-state index contributed by atoms with van der Waals surface area (Å²) < 4.78 is 29.6. The Hall–Kier alpha value is -7.32. The molecule has 4 heterocycles. The molecule has 0 N–H and O–H groups in total. The number of hydrogen-bond acceptors (Lipinski definition) is 6. The van der Waals surface area contributed by atoms with Gasteiger partial charge in [0.15, 0.2) is 22.3 Å². The minimum Gasteiger partial charge on any atom is -0.456 e. The first-order valence-electron chi connectivity index (χ1n) is 16.8. The molecule has 0 unspecified atom stereocenters. The summed E-state index contributed by atoms with van der Waals surface area (Å²) >= 11 is 0. The second-order valence-corrected chi connectivity index (χ2v) is 12.8. The van der Waals surface area contributed by atoms with Gasteiger partial charge in [-0.2, -0.15) is 0 Å². The Morgan fingerprint density at radius 3 is 1.13 bits per heavy atom. The zero-order valence-electron chi connectivity index (χ0n) is 27.2. The van der Waals surface area contributed by atoms with Gasteiger partial charge in [0.25, 0.3) is 0 Å². The lowest BCUT2D eigenvalue weighted by molar-refractivity contribution is 0.643. The predicted octanol–water partition coefficient (Wildman–Crippen LogP) is 10.7. The molecule has 0 bridgehead atoms. The van der Waals surface area contributed by atoms with Crippen LogP contribution in [0.25, 0.3) is 99.7 Å². The van der Waals surface area contributed by atoms with Crippen LogP contribution in [0.2, 0.25) is 0 Å². The van der Waals surface area contributed by atoms with Gasteiger partial charge in [-0.25, -0.2) is 0 Å². The van der Waals surface area contributed by atoms with Gasteiger partial charge in [0.2, 0.25) is 10.9 Å². The number of aromatic nitrogens is 2. The molecule has 8 nitrogen and oxygen atoms in total. The molecule has 0 amide bonds. The molecule has 11 rings (SSSR count). The van der Waals surface area contributed by atoms with Gasteiger partial charge < -0.3 is 26.8 Å². The molecule has 52 heavy (non-hydrogen) atoms. The van der Waals surface area contributed by atoms with Crippen LogP contribution in [-0.4, -0.2) is 9.13 Å². The molecule has 0 saturated heterocycles. The molecule has 0 aliphatic heterocycles. The number of rotatable bonds is 2. The molecule has 0 atom stereocenters. The van der Waals surface area contributed by atoms with Crippen molar-refractivity contribution in [2.45, 2.75) is 0 Å². The highest BCUT2D eigenvalue weighted by Gasteiger charge is 2.18. The first kappa shape index (κ1) is 28.5. The summed E-state index contributed by atoms with van der Waals surface area (Å²) in [5, 5.41) is 2.00. The van der Waals surface area contributed by atoms with Crippen LogP contribution in [0.15, 0.2) is 173 Å². The number of fused-ring (bicyclic) bond motifs is 8. The van der Waals surface area contributed by atoms with Crippen LogP contribution in [0, 0.1) is 0 Å². The van der Waals surface area contributed by atoms with Crippen molar-refractivity contribution in [2.75, 3.05) is 0 Å². The highest BCUT2D eigenvalue weighted by molar-refractivity contribution is 5.99. The van der Waals surface area contributed by atoms with E-state index in [0.717, 1.165) is 33.4 Å². The molecular weight excluding hydrogens is 652 g/mol. The van der Waals surface area contributed by atoms with Gasteiger partial charge in [-0.1, -0.05) is 48.5 Å². The summed E-state index contributed by atoms with van der Waals surface area (Å²) in [6.45, 7) is 0. The minimum absolute atomic E-state index is 0.0982. The lowest BCUT2D eigenvalue weighted by atomic mass is 10.1.